The van der Waals surface area contributed by atoms with Crippen LogP contribution in [0.15, 0.2) is 45.4 Å². The van der Waals surface area contributed by atoms with Crippen molar-refractivity contribution in [3.05, 3.63) is 41.0 Å². The van der Waals surface area contributed by atoms with Crippen molar-refractivity contribution in [3.8, 4) is 11.5 Å². The van der Waals surface area contributed by atoms with Gasteiger partial charge in [-0.05, 0) is 28.1 Å². The Kier molecular flexibility index (Phi) is 2.11. The molecule has 0 fully saturated rings. The Balaban J connectivity index is 2.27. The summed E-state index contributed by atoms with van der Waals surface area (Å²) in [5, 5.41) is 5.27. The number of para-hydroxylation sites is 1. The van der Waals surface area contributed by atoms with Gasteiger partial charge in [-0.15, -0.1) is 0 Å². The fraction of sp³-hybridized carbons (Fsp3) is 0.0833. The molecule has 3 aromatic rings. The van der Waals surface area contributed by atoms with Gasteiger partial charge in [0.2, 0.25) is 0 Å². The minimum Gasteiger partial charge on any atom is -0.454 e. The van der Waals surface area contributed by atoms with Gasteiger partial charge in [-0.3, -0.25) is 4.68 Å². The van der Waals surface area contributed by atoms with Crippen LogP contribution in [0.25, 0.3) is 22.4 Å². The van der Waals surface area contributed by atoms with Gasteiger partial charge in [-0.1, -0.05) is 18.2 Å². The highest BCUT2D eigenvalue weighted by molar-refractivity contribution is 9.10. The van der Waals surface area contributed by atoms with Crippen molar-refractivity contribution in [2.45, 2.75) is 0 Å². The fourth-order valence-corrected chi connectivity index (χ4v) is 2.33. The van der Waals surface area contributed by atoms with E-state index in [0.717, 1.165) is 26.9 Å². The molecule has 0 saturated heterocycles. The van der Waals surface area contributed by atoms with Crippen LogP contribution in [0.5, 0.6) is 0 Å². The Bertz CT molecular complexity index is 601. The third kappa shape index (κ3) is 1.38. The lowest BCUT2D eigenvalue weighted by Gasteiger charge is -1.97. The SMILES string of the molecule is Cn1ncc(Br)c1-c1cc2ccccc2o1. The monoisotopic (exact) mass is 276 g/mol. The third-order valence-electron chi connectivity index (χ3n) is 2.55. The molecule has 0 unspecified atom stereocenters. The van der Waals surface area contributed by atoms with Crippen molar-refractivity contribution in [2.75, 3.05) is 0 Å². The van der Waals surface area contributed by atoms with E-state index in [9.17, 15) is 0 Å². The van der Waals surface area contributed by atoms with Crippen LogP contribution in [0.2, 0.25) is 0 Å². The van der Waals surface area contributed by atoms with Gasteiger partial charge >= 0.3 is 0 Å². The summed E-state index contributed by atoms with van der Waals surface area (Å²) in [6.07, 6.45) is 1.77. The highest BCUT2D eigenvalue weighted by Gasteiger charge is 2.13. The molecular weight excluding hydrogens is 268 g/mol. The molecule has 0 aliphatic rings. The van der Waals surface area contributed by atoms with Crippen molar-refractivity contribution in [2.24, 2.45) is 7.05 Å². The first kappa shape index (κ1) is 9.66. The summed E-state index contributed by atoms with van der Waals surface area (Å²) < 4.78 is 8.52. The zero-order valence-electron chi connectivity index (χ0n) is 8.64. The average molecular weight is 277 g/mol. The summed E-state index contributed by atoms with van der Waals surface area (Å²) in [7, 11) is 1.90. The van der Waals surface area contributed by atoms with Gasteiger partial charge in [0, 0.05) is 12.4 Å². The van der Waals surface area contributed by atoms with E-state index in [1.54, 1.807) is 10.9 Å². The molecule has 0 aliphatic carbocycles. The van der Waals surface area contributed by atoms with E-state index in [0.29, 0.717) is 0 Å². The van der Waals surface area contributed by atoms with Gasteiger partial charge in [-0.2, -0.15) is 5.10 Å². The topological polar surface area (TPSA) is 31.0 Å². The molecule has 1 aromatic carbocycles. The molecule has 0 N–H and O–H groups in total. The number of benzene rings is 1. The number of hydrogen-bond acceptors (Lipinski definition) is 2. The van der Waals surface area contributed by atoms with Crippen molar-refractivity contribution >= 4 is 26.9 Å². The molecule has 0 atom stereocenters. The normalized spacial score (nSPS) is 11.1. The lowest BCUT2D eigenvalue weighted by atomic mass is 10.2. The Labute approximate surface area is 101 Å². The summed E-state index contributed by atoms with van der Waals surface area (Å²) in [6.45, 7) is 0. The number of aromatic nitrogens is 2. The van der Waals surface area contributed by atoms with Gasteiger partial charge in [-0.25, -0.2) is 0 Å². The maximum Gasteiger partial charge on any atom is 0.154 e. The molecule has 2 aromatic heterocycles. The maximum absolute atomic E-state index is 5.78. The summed E-state index contributed by atoms with van der Waals surface area (Å²) >= 11 is 3.47. The fourth-order valence-electron chi connectivity index (χ4n) is 1.79. The molecular formula is C12H9BrN2O. The maximum atomic E-state index is 5.78. The Morgan fingerprint density at radius 1 is 1.31 bits per heavy atom. The molecule has 0 radical (unpaired) electrons. The van der Waals surface area contributed by atoms with Gasteiger partial charge in [0.1, 0.15) is 11.3 Å². The lowest BCUT2D eigenvalue weighted by Crippen LogP contribution is -1.92. The Morgan fingerprint density at radius 3 is 2.81 bits per heavy atom. The standard InChI is InChI=1S/C12H9BrN2O/c1-15-12(9(13)7-14-15)11-6-8-4-2-3-5-10(8)16-11/h2-7H,1H3. The van der Waals surface area contributed by atoms with Gasteiger partial charge < -0.3 is 4.42 Å². The molecule has 2 heterocycles. The van der Waals surface area contributed by atoms with Crippen molar-refractivity contribution in [3.63, 3.8) is 0 Å². The van der Waals surface area contributed by atoms with Gasteiger partial charge in [0.05, 0.1) is 10.7 Å². The third-order valence-corrected chi connectivity index (χ3v) is 3.13. The zero-order valence-corrected chi connectivity index (χ0v) is 10.2. The predicted octanol–water partition coefficient (Wildman–Crippen LogP) is 3.60. The van der Waals surface area contributed by atoms with Crippen LogP contribution in [0.1, 0.15) is 0 Å². The molecule has 0 bridgehead atoms. The van der Waals surface area contributed by atoms with E-state index in [-0.39, 0.29) is 0 Å². The Hall–Kier alpha value is -1.55. The highest BCUT2D eigenvalue weighted by Crippen LogP contribution is 2.31. The van der Waals surface area contributed by atoms with E-state index < -0.39 is 0 Å². The van der Waals surface area contributed by atoms with Crippen LogP contribution in [-0.4, -0.2) is 9.78 Å². The average Bonchev–Trinajstić information content (AvgIpc) is 2.82. The second-order valence-electron chi connectivity index (χ2n) is 3.61. The van der Waals surface area contributed by atoms with E-state index in [4.69, 9.17) is 4.42 Å². The second kappa shape index (κ2) is 3.49. The highest BCUT2D eigenvalue weighted by atomic mass is 79.9. The van der Waals surface area contributed by atoms with Gasteiger partial charge in [0.25, 0.3) is 0 Å². The first-order valence-electron chi connectivity index (χ1n) is 4.92. The van der Waals surface area contributed by atoms with Crippen molar-refractivity contribution in [1.29, 1.82) is 0 Å². The molecule has 3 nitrogen and oxygen atoms in total. The van der Waals surface area contributed by atoms with Crippen LogP contribution in [-0.2, 0) is 7.05 Å². The lowest BCUT2D eigenvalue weighted by molar-refractivity contribution is 0.618. The van der Waals surface area contributed by atoms with Crippen molar-refractivity contribution < 1.29 is 4.42 Å². The molecule has 0 saturated carbocycles. The van der Waals surface area contributed by atoms with Crippen LogP contribution >= 0.6 is 15.9 Å². The van der Waals surface area contributed by atoms with Crippen LogP contribution in [0.4, 0.5) is 0 Å². The molecule has 0 amide bonds. The molecule has 0 aliphatic heterocycles. The predicted molar refractivity (Wildman–Crippen MR) is 66.1 cm³/mol. The number of rotatable bonds is 1. The summed E-state index contributed by atoms with van der Waals surface area (Å²) in [5.74, 6) is 0.827. The number of halogens is 1. The quantitative estimate of drug-likeness (QED) is 0.680. The Morgan fingerprint density at radius 2 is 2.12 bits per heavy atom. The number of furan rings is 1. The summed E-state index contributed by atoms with van der Waals surface area (Å²) in [4.78, 5) is 0. The number of aryl methyl sites for hydroxylation is 1. The minimum absolute atomic E-state index is 0.827. The number of fused-ring (bicyclic) bond motifs is 1. The van der Waals surface area contributed by atoms with Crippen LogP contribution < -0.4 is 0 Å². The zero-order chi connectivity index (χ0) is 11.1. The van der Waals surface area contributed by atoms with Crippen LogP contribution in [0, 0.1) is 0 Å². The molecule has 16 heavy (non-hydrogen) atoms. The molecule has 0 spiro atoms. The van der Waals surface area contributed by atoms with Gasteiger partial charge in [0.15, 0.2) is 5.76 Å². The first-order chi connectivity index (χ1) is 7.75. The smallest absolute Gasteiger partial charge is 0.154 e. The number of nitrogens with zero attached hydrogens (tertiary/aromatic N) is 2. The van der Waals surface area contributed by atoms with Crippen molar-refractivity contribution in [1.82, 2.24) is 9.78 Å². The molecule has 3 rings (SSSR count). The first-order valence-corrected chi connectivity index (χ1v) is 5.71. The summed E-state index contributed by atoms with van der Waals surface area (Å²) in [5.41, 5.74) is 1.85. The van der Waals surface area contributed by atoms with Crippen LogP contribution in [0.3, 0.4) is 0 Å². The van der Waals surface area contributed by atoms with E-state index in [1.165, 1.54) is 0 Å². The second-order valence-corrected chi connectivity index (χ2v) is 4.47. The number of hydrogen-bond donors (Lipinski definition) is 0. The molecule has 80 valence electrons. The summed E-state index contributed by atoms with van der Waals surface area (Å²) in [6, 6.07) is 9.99. The van der Waals surface area contributed by atoms with E-state index in [1.807, 2.05) is 37.4 Å². The molecule has 4 heteroatoms. The largest absolute Gasteiger partial charge is 0.454 e. The van der Waals surface area contributed by atoms with E-state index in [2.05, 4.69) is 21.0 Å². The van der Waals surface area contributed by atoms with E-state index >= 15 is 0 Å². The minimum atomic E-state index is 0.827.